The average Bonchev–Trinajstić information content (AvgIpc) is 3.06. The molecular formula is C13H12ClN3OS. The number of benzene rings is 1. The first kappa shape index (κ1) is 12.4. The number of fused-ring (bicyclic) bond motifs is 1. The van der Waals surface area contributed by atoms with Gasteiger partial charge in [-0.25, -0.2) is 9.97 Å². The maximum atomic E-state index is 5.99. The van der Waals surface area contributed by atoms with Gasteiger partial charge in [0.25, 0.3) is 0 Å². The summed E-state index contributed by atoms with van der Waals surface area (Å²) in [6, 6.07) is 5.86. The van der Waals surface area contributed by atoms with Crippen LogP contribution in [0.5, 0.6) is 5.75 Å². The standard InChI is InChI=1S/C13H12ClN3OS/c1-18-9-2-3-11-10(6-9)16-12(7-14)17(11)8-13-15-4-5-19-13/h2-6H,7-8H2,1H3. The summed E-state index contributed by atoms with van der Waals surface area (Å²) in [5.41, 5.74) is 1.94. The third-order valence-electron chi connectivity index (χ3n) is 2.93. The Bertz CT molecular complexity index is 693. The molecule has 0 aliphatic carbocycles. The van der Waals surface area contributed by atoms with E-state index in [4.69, 9.17) is 16.3 Å². The molecule has 0 saturated heterocycles. The van der Waals surface area contributed by atoms with E-state index in [1.807, 2.05) is 29.8 Å². The van der Waals surface area contributed by atoms with E-state index >= 15 is 0 Å². The number of thiazole rings is 1. The Morgan fingerprint density at radius 1 is 1.42 bits per heavy atom. The molecule has 3 rings (SSSR count). The monoisotopic (exact) mass is 293 g/mol. The van der Waals surface area contributed by atoms with Crippen molar-refractivity contribution in [2.24, 2.45) is 0 Å². The lowest BCUT2D eigenvalue weighted by Crippen LogP contribution is -2.03. The summed E-state index contributed by atoms with van der Waals surface area (Å²) in [6.07, 6.45) is 1.81. The number of imidazole rings is 1. The van der Waals surface area contributed by atoms with Gasteiger partial charge in [0.05, 0.1) is 30.6 Å². The zero-order valence-corrected chi connectivity index (χ0v) is 11.9. The minimum atomic E-state index is 0.377. The van der Waals surface area contributed by atoms with Crippen LogP contribution >= 0.6 is 22.9 Å². The Morgan fingerprint density at radius 2 is 2.32 bits per heavy atom. The van der Waals surface area contributed by atoms with Crippen LogP contribution in [0.25, 0.3) is 11.0 Å². The molecule has 4 nitrogen and oxygen atoms in total. The van der Waals surface area contributed by atoms with Crippen molar-refractivity contribution in [3.63, 3.8) is 0 Å². The molecule has 0 aliphatic rings. The van der Waals surface area contributed by atoms with Gasteiger partial charge in [-0.15, -0.1) is 22.9 Å². The fourth-order valence-electron chi connectivity index (χ4n) is 2.03. The van der Waals surface area contributed by atoms with Crippen molar-refractivity contribution >= 4 is 34.0 Å². The Kier molecular flexibility index (Phi) is 3.40. The number of nitrogens with zero attached hydrogens (tertiary/aromatic N) is 3. The lowest BCUT2D eigenvalue weighted by molar-refractivity contribution is 0.415. The number of methoxy groups -OCH3 is 1. The molecule has 0 saturated carbocycles. The highest BCUT2D eigenvalue weighted by Crippen LogP contribution is 2.24. The van der Waals surface area contributed by atoms with Crippen molar-refractivity contribution in [2.45, 2.75) is 12.4 Å². The number of halogens is 1. The van der Waals surface area contributed by atoms with Crippen LogP contribution in [0.3, 0.4) is 0 Å². The van der Waals surface area contributed by atoms with Crippen LogP contribution in [-0.2, 0) is 12.4 Å². The van der Waals surface area contributed by atoms with E-state index in [-0.39, 0.29) is 0 Å². The molecule has 0 radical (unpaired) electrons. The van der Waals surface area contributed by atoms with Crippen molar-refractivity contribution in [1.29, 1.82) is 0 Å². The molecule has 0 atom stereocenters. The summed E-state index contributed by atoms with van der Waals surface area (Å²) in [5, 5.41) is 3.01. The summed E-state index contributed by atoms with van der Waals surface area (Å²) < 4.78 is 7.32. The molecule has 19 heavy (non-hydrogen) atoms. The smallest absolute Gasteiger partial charge is 0.125 e. The number of alkyl halides is 1. The Hall–Kier alpha value is -1.59. The predicted octanol–water partition coefficient (Wildman–Crippen LogP) is 3.29. The normalized spacial score (nSPS) is 11.1. The van der Waals surface area contributed by atoms with E-state index in [9.17, 15) is 0 Å². The van der Waals surface area contributed by atoms with Crippen molar-refractivity contribution in [3.8, 4) is 5.75 Å². The molecule has 1 aromatic carbocycles. The molecule has 3 aromatic rings. The fraction of sp³-hybridized carbons (Fsp3) is 0.231. The highest BCUT2D eigenvalue weighted by Gasteiger charge is 2.12. The van der Waals surface area contributed by atoms with Crippen LogP contribution in [0.2, 0.25) is 0 Å². The summed E-state index contributed by atoms with van der Waals surface area (Å²) in [7, 11) is 1.65. The number of rotatable bonds is 4. The second-order valence-electron chi connectivity index (χ2n) is 4.03. The van der Waals surface area contributed by atoms with Crippen LogP contribution in [0, 0.1) is 0 Å². The molecule has 0 bridgehead atoms. The Morgan fingerprint density at radius 3 is 3.00 bits per heavy atom. The minimum absolute atomic E-state index is 0.377. The molecule has 0 aliphatic heterocycles. The lowest BCUT2D eigenvalue weighted by atomic mass is 10.3. The fourth-order valence-corrected chi connectivity index (χ4v) is 2.84. The van der Waals surface area contributed by atoms with Crippen molar-refractivity contribution < 1.29 is 4.74 Å². The van der Waals surface area contributed by atoms with Crippen molar-refractivity contribution in [3.05, 3.63) is 40.6 Å². The third-order valence-corrected chi connectivity index (χ3v) is 3.93. The van der Waals surface area contributed by atoms with Crippen LogP contribution in [-0.4, -0.2) is 21.6 Å². The molecule has 2 aromatic heterocycles. The van der Waals surface area contributed by atoms with E-state index < -0.39 is 0 Å². The van der Waals surface area contributed by atoms with Crippen LogP contribution in [0.4, 0.5) is 0 Å². The minimum Gasteiger partial charge on any atom is -0.497 e. The van der Waals surface area contributed by atoms with Gasteiger partial charge in [-0.1, -0.05) is 0 Å². The second-order valence-corrected chi connectivity index (χ2v) is 5.27. The van der Waals surface area contributed by atoms with Gasteiger partial charge in [0.2, 0.25) is 0 Å². The number of aromatic nitrogens is 3. The van der Waals surface area contributed by atoms with Gasteiger partial charge in [-0.05, 0) is 12.1 Å². The molecule has 0 fully saturated rings. The molecular weight excluding hydrogens is 282 g/mol. The molecule has 0 N–H and O–H groups in total. The SMILES string of the molecule is COc1ccc2c(c1)nc(CCl)n2Cc1nccs1. The van der Waals surface area contributed by atoms with Crippen molar-refractivity contribution in [1.82, 2.24) is 14.5 Å². The zero-order valence-electron chi connectivity index (χ0n) is 10.3. The summed E-state index contributed by atoms with van der Waals surface area (Å²) in [5.74, 6) is 2.02. The third kappa shape index (κ3) is 2.31. The predicted molar refractivity (Wildman–Crippen MR) is 77.1 cm³/mol. The first-order chi connectivity index (χ1) is 9.31. The molecule has 2 heterocycles. The number of hydrogen-bond acceptors (Lipinski definition) is 4. The highest BCUT2D eigenvalue weighted by atomic mass is 35.5. The summed E-state index contributed by atoms with van der Waals surface area (Å²) in [6.45, 7) is 0.697. The maximum absolute atomic E-state index is 5.99. The van der Waals surface area contributed by atoms with E-state index in [1.54, 1.807) is 18.4 Å². The van der Waals surface area contributed by atoms with Gasteiger partial charge < -0.3 is 9.30 Å². The van der Waals surface area contributed by atoms with Crippen LogP contribution in [0.1, 0.15) is 10.8 Å². The topological polar surface area (TPSA) is 39.9 Å². The highest BCUT2D eigenvalue weighted by molar-refractivity contribution is 7.09. The van der Waals surface area contributed by atoms with Gasteiger partial charge in [0.1, 0.15) is 16.6 Å². The molecule has 0 spiro atoms. The summed E-state index contributed by atoms with van der Waals surface area (Å²) in [4.78, 5) is 8.86. The molecule has 0 amide bonds. The van der Waals surface area contributed by atoms with E-state index in [0.717, 1.165) is 27.6 Å². The Labute approximate surface area is 119 Å². The number of hydrogen-bond donors (Lipinski definition) is 0. The van der Waals surface area contributed by atoms with Crippen LogP contribution in [0.15, 0.2) is 29.8 Å². The van der Waals surface area contributed by atoms with E-state index in [0.29, 0.717) is 12.4 Å². The van der Waals surface area contributed by atoms with Gasteiger partial charge in [0, 0.05) is 17.6 Å². The average molecular weight is 294 g/mol. The first-order valence-electron chi connectivity index (χ1n) is 5.79. The number of ether oxygens (including phenoxy) is 1. The van der Waals surface area contributed by atoms with Gasteiger partial charge in [-0.2, -0.15) is 0 Å². The summed E-state index contributed by atoms with van der Waals surface area (Å²) >= 11 is 7.61. The van der Waals surface area contributed by atoms with Crippen molar-refractivity contribution in [2.75, 3.05) is 7.11 Å². The Balaban J connectivity index is 2.10. The second kappa shape index (κ2) is 5.19. The maximum Gasteiger partial charge on any atom is 0.125 e. The van der Waals surface area contributed by atoms with Gasteiger partial charge >= 0.3 is 0 Å². The first-order valence-corrected chi connectivity index (χ1v) is 7.20. The van der Waals surface area contributed by atoms with Gasteiger partial charge in [-0.3, -0.25) is 0 Å². The van der Waals surface area contributed by atoms with E-state index in [2.05, 4.69) is 14.5 Å². The lowest BCUT2D eigenvalue weighted by Gasteiger charge is -2.05. The molecule has 6 heteroatoms. The van der Waals surface area contributed by atoms with E-state index in [1.165, 1.54) is 0 Å². The molecule has 0 unspecified atom stereocenters. The zero-order chi connectivity index (χ0) is 13.2. The van der Waals surface area contributed by atoms with Gasteiger partial charge in [0.15, 0.2) is 0 Å². The molecule has 98 valence electrons. The largest absolute Gasteiger partial charge is 0.497 e. The van der Waals surface area contributed by atoms with Crippen LogP contribution < -0.4 is 4.74 Å². The quantitative estimate of drug-likeness (QED) is 0.693.